The number of fused-ring (bicyclic) bond motifs is 2. The van der Waals surface area contributed by atoms with Gasteiger partial charge in [-0.1, -0.05) is 42.8 Å². The number of methoxy groups -OCH3 is 2. The third kappa shape index (κ3) is 4.94. The van der Waals surface area contributed by atoms with E-state index < -0.39 is 0 Å². The number of carbonyl (C=O) groups excluding carboxylic acids is 1. The zero-order valence-electron chi connectivity index (χ0n) is 20.7. The highest BCUT2D eigenvalue weighted by Crippen LogP contribution is 2.39. The van der Waals surface area contributed by atoms with E-state index in [0.29, 0.717) is 31.2 Å². The minimum Gasteiger partial charge on any atom is -0.493 e. The van der Waals surface area contributed by atoms with Gasteiger partial charge in [0.05, 0.1) is 26.8 Å². The molecule has 2 heterocycles. The summed E-state index contributed by atoms with van der Waals surface area (Å²) in [7, 11) is 3.30. The molecule has 0 aliphatic carbocycles. The van der Waals surface area contributed by atoms with Crippen LogP contribution in [0, 0.1) is 0 Å². The molecular formula is C29H34N2O4. The van der Waals surface area contributed by atoms with Crippen molar-refractivity contribution in [1.82, 2.24) is 9.80 Å². The first-order chi connectivity index (χ1) is 17.2. The van der Waals surface area contributed by atoms with Gasteiger partial charge in [-0.3, -0.25) is 9.69 Å². The number of likely N-dealkylation sites (tertiary alicyclic amines) is 1. The Kier molecular flexibility index (Phi) is 7.09. The SMILES string of the molecule is COc1cc2c(cc1OC)C(COc1cccc3ccccc13)N(C(=O)CN1CCCCC1)CC2. The number of ether oxygens (including phenoxy) is 3. The molecule has 1 amide bonds. The monoisotopic (exact) mass is 474 g/mol. The summed E-state index contributed by atoms with van der Waals surface area (Å²) >= 11 is 0. The van der Waals surface area contributed by atoms with Crippen LogP contribution in [-0.4, -0.2) is 62.7 Å². The summed E-state index contributed by atoms with van der Waals surface area (Å²) < 4.78 is 17.6. The zero-order valence-corrected chi connectivity index (χ0v) is 20.7. The Hall–Kier alpha value is -3.25. The van der Waals surface area contributed by atoms with Crippen molar-refractivity contribution in [2.75, 3.05) is 47.0 Å². The summed E-state index contributed by atoms with van der Waals surface area (Å²) in [6, 6.07) is 18.2. The fraction of sp³-hybridized carbons (Fsp3) is 0.414. The molecule has 0 radical (unpaired) electrons. The standard InChI is InChI=1S/C29H34N2O4/c1-33-27-17-22-13-16-31(29(32)19-30-14-6-3-7-15-30)25(24(22)18-28(27)34-2)20-35-26-12-8-10-21-9-4-5-11-23(21)26/h4-5,8-12,17-18,25H,3,6-7,13-16,19-20H2,1-2H3. The third-order valence-corrected chi connectivity index (χ3v) is 7.28. The molecule has 6 heteroatoms. The quantitative estimate of drug-likeness (QED) is 0.490. The van der Waals surface area contributed by atoms with Crippen LogP contribution in [0.1, 0.15) is 36.4 Å². The van der Waals surface area contributed by atoms with Gasteiger partial charge in [0, 0.05) is 11.9 Å². The first kappa shape index (κ1) is 23.5. The van der Waals surface area contributed by atoms with Crippen molar-refractivity contribution in [3.63, 3.8) is 0 Å². The fourth-order valence-corrected chi connectivity index (χ4v) is 5.40. The number of hydrogen-bond donors (Lipinski definition) is 0. The summed E-state index contributed by atoms with van der Waals surface area (Å²) in [6.07, 6.45) is 4.37. The van der Waals surface area contributed by atoms with Gasteiger partial charge in [0.25, 0.3) is 0 Å². The summed E-state index contributed by atoms with van der Waals surface area (Å²) in [4.78, 5) is 17.9. The average Bonchev–Trinajstić information content (AvgIpc) is 2.91. The van der Waals surface area contributed by atoms with Crippen molar-refractivity contribution in [2.45, 2.75) is 31.7 Å². The van der Waals surface area contributed by atoms with Crippen LogP contribution in [0.5, 0.6) is 17.2 Å². The molecule has 3 aromatic carbocycles. The summed E-state index contributed by atoms with van der Waals surface area (Å²) in [5, 5.41) is 2.21. The van der Waals surface area contributed by atoms with Crippen LogP contribution >= 0.6 is 0 Å². The predicted molar refractivity (Wildman–Crippen MR) is 137 cm³/mol. The van der Waals surface area contributed by atoms with Crippen LogP contribution in [0.3, 0.4) is 0 Å². The Bertz CT molecular complexity index is 1180. The number of piperidine rings is 1. The highest BCUT2D eigenvalue weighted by Gasteiger charge is 2.33. The fourth-order valence-electron chi connectivity index (χ4n) is 5.40. The van der Waals surface area contributed by atoms with Crippen molar-refractivity contribution in [1.29, 1.82) is 0 Å². The molecule has 0 spiro atoms. The number of rotatable bonds is 7. The van der Waals surface area contributed by atoms with Crippen LogP contribution in [0.25, 0.3) is 10.8 Å². The van der Waals surface area contributed by atoms with E-state index in [2.05, 4.69) is 23.1 Å². The number of benzene rings is 3. The third-order valence-electron chi connectivity index (χ3n) is 7.28. The molecule has 1 unspecified atom stereocenters. The molecule has 1 saturated heterocycles. The molecule has 184 valence electrons. The van der Waals surface area contributed by atoms with E-state index in [1.807, 2.05) is 41.3 Å². The van der Waals surface area contributed by atoms with Crippen LogP contribution < -0.4 is 14.2 Å². The lowest BCUT2D eigenvalue weighted by Crippen LogP contribution is -2.47. The predicted octanol–water partition coefficient (Wildman–Crippen LogP) is 4.85. The largest absolute Gasteiger partial charge is 0.493 e. The molecular weight excluding hydrogens is 440 g/mol. The van der Waals surface area contributed by atoms with Gasteiger partial charge in [0.1, 0.15) is 12.4 Å². The summed E-state index contributed by atoms with van der Waals surface area (Å²) in [5.41, 5.74) is 2.25. The molecule has 0 aromatic heterocycles. The molecule has 3 aromatic rings. The lowest BCUT2D eigenvalue weighted by Gasteiger charge is -2.39. The van der Waals surface area contributed by atoms with Crippen LogP contribution in [0.15, 0.2) is 54.6 Å². The van der Waals surface area contributed by atoms with Crippen molar-refractivity contribution in [2.24, 2.45) is 0 Å². The molecule has 1 atom stereocenters. The molecule has 6 nitrogen and oxygen atoms in total. The normalized spacial score (nSPS) is 18.2. The van der Waals surface area contributed by atoms with Gasteiger partial charge in [0.15, 0.2) is 11.5 Å². The number of nitrogens with zero attached hydrogens (tertiary/aromatic N) is 2. The molecule has 1 fully saturated rings. The molecule has 2 aliphatic heterocycles. The van der Waals surface area contributed by atoms with Gasteiger partial charge < -0.3 is 19.1 Å². The van der Waals surface area contributed by atoms with Crippen LogP contribution in [0.2, 0.25) is 0 Å². The Morgan fingerprint density at radius 2 is 1.63 bits per heavy atom. The van der Waals surface area contributed by atoms with E-state index in [1.54, 1.807) is 14.2 Å². The number of hydrogen-bond acceptors (Lipinski definition) is 5. The minimum atomic E-state index is -0.199. The zero-order chi connectivity index (χ0) is 24.2. The Morgan fingerprint density at radius 3 is 2.43 bits per heavy atom. The van der Waals surface area contributed by atoms with Crippen LogP contribution in [-0.2, 0) is 11.2 Å². The number of carbonyl (C=O) groups is 1. The first-order valence-electron chi connectivity index (χ1n) is 12.5. The number of amides is 1. The second-order valence-electron chi connectivity index (χ2n) is 9.38. The average molecular weight is 475 g/mol. The second-order valence-corrected chi connectivity index (χ2v) is 9.38. The van der Waals surface area contributed by atoms with Crippen molar-refractivity contribution >= 4 is 16.7 Å². The maximum absolute atomic E-state index is 13.6. The smallest absolute Gasteiger partial charge is 0.237 e. The minimum absolute atomic E-state index is 0.166. The van der Waals surface area contributed by atoms with E-state index in [9.17, 15) is 4.79 Å². The Balaban J connectivity index is 1.45. The lowest BCUT2D eigenvalue weighted by atomic mass is 9.92. The molecule has 5 rings (SSSR count). The molecule has 0 N–H and O–H groups in total. The van der Waals surface area contributed by atoms with E-state index in [4.69, 9.17) is 14.2 Å². The maximum Gasteiger partial charge on any atom is 0.237 e. The molecule has 2 aliphatic rings. The van der Waals surface area contributed by atoms with Crippen molar-refractivity contribution in [3.8, 4) is 17.2 Å². The highest BCUT2D eigenvalue weighted by molar-refractivity contribution is 5.88. The van der Waals surface area contributed by atoms with Crippen molar-refractivity contribution < 1.29 is 19.0 Å². The van der Waals surface area contributed by atoms with Gasteiger partial charge in [-0.15, -0.1) is 0 Å². The summed E-state index contributed by atoms with van der Waals surface area (Å²) in [5.74, 6) is 2.39. The second kappa shape index (κ2) is 10.6. The first-order valence-corrected chi connectivity index (χ1v) is 12.5. The summed E-state index contributed by atoms with van der Waals surface area (Å²) in [6.45, 7) is 3.51. The van der Waals surface area contributed by atoms with Gasteiger partial charge in [-0.05, 0) is 67.1 Å². The Morgan fingerprint density at radius 1 is 0.886 bits per heavy atom. The van der Waals surface area contributed by atoms with Gasteiger partial charge >= 0.3 is 0 Å². The van der Waals surface area contributed by atoms with Gasteiger partial charge in [-0.2, -0.15) is 0 Å². The Labute approximate surface area is 207 Å². The van der Waals surface area contributed by atoms with E-state index >= 15 is 0 Å². The molecule has 0 saturated carbocycles. The highest BCUT2D eigenvalue weighted by atomic mass is 16.5. The van der Waals surface area contributed by atoms with Crippen LogP contribution in [0.4, 0.5) is 0 Å². The topological polar surface area (TPSA) is 51.2 Å². The maximum atomic E-state index is 13.6. The van der Waals surface area contributed by atoms with Crippen molar-refractivity contribution in [3.05, 3.63) is 65.7 Å². The van der Waals surface area contributed by atoms with E-state index in [0.717, 1.165) is 41.6 Å². The van der Waals surface area contributed by atoms with Gasteiger partial charge in [0.2, 0.25) is 5.91 Å². The van der Waals surface area contributed by atoms with Gasteiger partial charge in [-0.25, -0.2) is 0 Å². The molecule has 35 heavy (non-hydrogen) atoms. The van der Waals surface area contributed by atoms with E-state index in [1.165, 1.54) is 24.8 Å². The molecule has 0 bridgehead atoms. The lowest BCUT2D eigenvalue weighted by molar-refractivity contribution is -0.136. The van der Waals surface area contributed by atoms with E-state index in [-0.39, 0.29) is 11.9 Å².